The molecular weight excluding hydrogens is 180 g/mol. The highest BCUT2D eigenvalue weighted by molar-refractivity contribution is 5.84. The van der Waals surface area contributed by atoms with Gasteiger partial charge in [0.05, 0.1) is 12.1 Å². The van der Waals surface area contributed by atoms with E-state index in [2.05, 4.69) is 10.6 Å². The van der Waals surface area contributed by atoms with E-state index in [1.54, 1.807) is 14.0 Å². The largest absolute Gasteiger partial charge is 0.345 e. The van der Waals surface area contributed by atoms with Crippen molar-refractivity contribution in [2.45, 2.75) is 39.3 Å². The molecule has 1 amide bonds. The average Bonchev–Trinajstić information content (AvgIpc) is 2.22. The van der Waals surface area contributed by atoms with E-state index in [-0.39, 0.29) is 23.9 Å². The van der Waals surface area contributed by atoms with Crippen LogP contribution in [0, 0.1) is 5.92 Å². The molecule has 82 valence electrons. The summed E-state index contributed by atoms with van der Waals surface area (Å²) >= 11 is 0. The van der Waals surface area contributed by atoms with Crippen molar-refractivity contribution in [2.75, 3.05) is 7.05 Å². The van der Waals surface area contributed by atoms with Gasteiger partial charge in [-0.3, -0.25) is 4.79 Å². The van der Waals surface area contributed by atoms with Crippen molar-refractivity contribution in [1.29, 1.82) is 0 Å². The highest BCUT2D eigenvalue weighted by atomic mass is 16.2. The number of nitrogens with one attached hydrogen (secondary N) is 2. The molecule has 0 rings (SSSR count). The Balaban J connectivity index is 4.18. The van der Waals surface area contributed by atoms with E-state index in [4.69, 9.17) is 0 Å². The van der Waals surface area contributed by atoms with Gasteiger partial charge in [0.2, 0.25) is 5.91 Å². The number of aldehydes is 1. The van der Waals surface area contributed by atoms with Crippen LogP contribution in [0.2, 0.25) is 0 Å². The summed E-state index contributed by atoms with van der Waals surface area (Å²) in [7, 11) is 1.71. The van der Waals surface area contributed by atoms with Crippen LogP contribution in [0.15, 0.2) is 0 Å². The maximum atomic E-state index is 11.4. The molecule has 0 aromatic carbocycles. The minimum atomic E-state index is -0.372. The van der Waals surface area contributed by atoms with E-state index in [0.717, 1.165) is 12.7 Å². The fourth-order valence-electron chi connectivity index (χ4n) is 0.985. The zero-order chi connectivity index (χ0) is 11.1. The van der Waals surface area contributed by atoms with Crippen LogP contribution in [0.3, 0.4) is 0 Å². The number of hydrogen-bond donors (Lipinski definition) is 2. The molecular formula is C10H20N2O2. The Labute approximate surface area is 85.4 Å². The van der Waals surface area contributed by atoms with E-state index in [1.165, 1.54) is 0 Å². The van der Waals surface area contributed by atoms with Gasteiger partial charge < -0.3 is 15.4 Å². The van der Waals surface area contributed by atoms with Gasteiger partial charge in [0.15, 0.2) is 0 Å². The summed E-state index contributed by atoms with van der Waals surface area (Å²) in [4.78, 5) is 22.1. The Kier molecular flexibility index (Phi) is 6.12. The molecule has 14 heavy (non-hydrogen) atoms. The number of likely N-dealkylation sites (N-methyl/N-ethyl adjacent to an activating group) is 1. The molecule has 0 aliphatic rings. The summed E-state index contributed by atoms with van der Waals surface area (Å²) in [6.07, 6.45) is 1.67. The molecule has 0 bridgehead atoms. The maximum Gasteiger partial charge on any atom is 0.237 e. The van der Waals surface area contributed by atoms with Crippen molar-refractivity contribution >= 4 is 12.2 Å². The fraction of sp³-hybridized carbons (Fsp3) is 0.800. The first-order valence-corrected chi connectivity index (χ1v) is 4.99. The lowest BCUT2D eigenvalue weighted by Gasteiger charge is -2.20. The van der Waals surface area contributed by atoms with Crippen LogP contribution in [0.5, 0.6) is 0 Å². The average molecular weight is 200 g/mol. The first kappa shape index (κ1) is 13.1. The quantitative estimate of drug-likeness (QED) is 0.607. The lowest BCUT2D eigenvalue weighted by atomic mass is 10.0. The van der Waals surface area contributed by atoms with Gasteiger partial charge in [-0.2, -0.15) is 0 Å². The molecule has 0 saturated carbocycles. The summed E-state index contributed by atoms with van der Waals surface area (Å²) in [5.41, 5.74) is 0. The van der Waals surface area contributed by atoms with Gasteiger partial charge >= 0.3 is 0 Å². The standard InChI is InChI=1S/C10H20N2O2/c1-5-7(2)9(6-13)12-10(14)8(3)11-4/h6-9,11H,5H2,1-4H3,(H,12,14)/t7?,8-,9?/m0/s1. The van der Waals surface area contributed by atoms with Crippen LogP contribution in [0.25, 0.3) is 0 Å². The van der Waals surface area contributed by atoms with Gasteiger partial charge in [0.1, 0.15) is 6.29 Å². The van der Waals surface area contributed by atoms with Crippen LogP contribution in [-0.2, 0) is 9.59 Å². The van der Waals surface area contributed by atoms with E-state index >= 15 is 0 Å². The highest BCUT2D eigenvalue weighted by Crippen LogP contribution is 2.05. The zero-order valence-corrected chi connectivity index (χ0v) is 9.33. The van der Waals surface area contributed by atoms with Gasteiger partial charge in [0, 0.05) is 0 Å². The molecule has 0 aromatic heterocycles. The van der Waals surface area contributed by atoms with E-state index < -0.39 is 0 Å². The molecule has 0 saturated heterocycles. The lowest BCUT2D eigenvalue weighted by molar-refractivity contribution is -0.126. The number of rotatable bonds is 6. The monoisotopic (exact) mass is 200 g/mol. The smallest absolute Gasteiger partial charge is 0.237 e. The van der Waals surface area contributed by atoms with Crippen LogP contribution < -0.4 is 10.6 Å². The van der Waals surface area contributed by atoms with Crippen molar-refractivity contribution < 1.29 is 9.59 Å². The van der Waals surface area contributed by atoms with Crippen molar-refractivity contribution in [3.8, 4) is 0 Å². The van der Waals surface area contributed by atoms with E-state index in [0.29, 0.717) is 0 Å². The third-order valence-electron chi connectivity index (χ3n) is 2.54. The first-order valence-electron chi connectivity index (χ1n) is 4.99. The summed E-state index contributed by atoms with van der Waals surface area (Å²) < 4.78 is 0. The Morgan fingerprint density at radius 2 is 2.00 bits per heavy atom. The number of carbonyl (C=O) groups excluding carboxylic acids is 2. The molecule has 0 aliphatic carbocycles. The predicted molar refractivity (Wildman–Crippen MR) is 56.0 cm³/mol. The van der Waals surface area contributed by atoms with Gasteiger partial charge in [-0.15, -0.1) is 0 Å². The van der Waals surface area contributed by atoms with E-state index in [1.807, 2.05) is 13.8 Å². The molecule has 3 atom stereocenters. The molecule has 0 spiro atoms. The molecule has 2 N–H and O–H groups in total. The second-order valence-corrected chi connectivity index (χ2v) is 3.57. The van der Waals surface area contributed by atoms with Crippen LogP contribution in [0.4, 0.5) is 0 Å². The summed E-state index contributed by atoms with van der Waals surface area (Å²) in [6, 6.07) is -0.634. The Hall–Kier alpha value is -0.900. The van der Waals surface area contributed by atoms with Crippen LogP contribution in [-0.4, -0.2) is 31.3 Å². The van der Waals surface area contributed by atoms with Gasteiger partial charge in [-0.25, -0.2) is 0 Å². The fourth-order valence-corrected chi connectivity index (χ4v) is 0.985. The molecule has 4 heteroatoms. The second kappa shape index (κ2) is 6.54. The summed E-state index contributed by atoms with van der Waals surface area (Å²) in [5.74, 6) is 0.0467. The van der Waals surface area contributed by atoms with Crippen molar-refractivity contribution in [3.05, 3.63) is 0 Å². The van der Waals surface area contributed by atoms with E-state index in [9.17, 15) is 9.59 Å². The summed E-state index contributed by atoms with van der Waals surface area (Å²) in [6.45, 7) is 5.70. The molecule has 0 fully saturated rings. The maximum absolute atomic E-state index is 11.4. The zero-order valence-electron chi connectivity index (χ0n) is 9.33. The van der Waals surface area contributed by atoms with Crippen LogP contribution in [0.1, 0.15) is 27.2 Å². The minimum absolute atomic E-state index is 0.134. The third-order valence-corrected chi connectivity index (χ3v) is 2.54. The molecule has 0 heterocycles. The summed E-state index contributed by atoms with van der Waals surface area (Å²) in [5, 5.41) is 5.52. The Morgan fingerprint density at radius 1 is 1.43 bits per heavy atom. The molecule has 2 unspecified atom stereocenters. The Morgan fingerprint density at radius 3 is 2.36 bits per heavy atom. The SMILES string of the molecule is CCC(C)C(C=O)NC(=O)[C@H](C)NC. The molecule has 4 nitrogen and oxygen atoms in total. The minimum Gasteiger partial charge on any atom is -0.345 e. The lowest BCUT2D eigenvalue weighted by Crippen LogP contribution is -2.48. The topological polar surface area (TPSA) is 58.2 Å². The van der Waals surface area contributed by atoms with Crippen LogP contribution >= 0.6 is 0 Å². The first-order chi connectivity index (χ1) is 6.56. The van der Waals surface area contributed by atoms with Crippen molar-refractivity contribution in [1.82, 2.24) is 10.6 Å². The van der Waals surface area contributed by atoms with Crippen molar-refractivity contribution in [2.24, 2.45) is 5.92 Å². The van der Waals surface area contributed by atoms with Gasteiger partial charge in [-0.1, -0.05) is 20.3 Å². The Bertz CT molecular complexity index is 195. The second-order valence-electron chi connectivity index (χ2n) is 3.57. The molecule has 0 aromatic rings. The number of hydrogen-bond acceptors (Lipinski definition) is 3. The molecule has 0 aliphatic heterocycles. The third kappa shape index (κ3) is 3.87. The highest BCUT2D eigenvalue weighted by Gasteiger charge is 2.19. The predicted octanol–water partition coefficient (Wildman–Crippen LogP) is 0.324. The number of carbonyl (C=O) groups is 2. The van der Waals surface area contributed by atoms with Gasteiger partial charge in [0.25, 0.3) is 0 Å². The van der Waals surface area contributed by atoms with Crippen molar-refractivity contribution in [3.63, 3.8) is 0 Å². The normalized spacial score (nSPS) is 16.9. The van der Waals surface area contributed by atoms with Gasteiger partial charge in [-0.05, 0) is 19.9 Å². The number of amides is 1. The molecule has 0 radical (unpaired) electrons.